The Bertz CT molecular complexity index is 616. The third kappa shape index (κ3) is 2.80. The predicted molar refractivity (Wildman–Crippen MR) is 86.6 cm³/mol. The highest BCUT2D eigenvalue weighted by Gasteiger charge is 2.30. The average Bonchev–Trinajstić information content (AvgIpc) is 2.76. The van der Waals surface area contributed by atoms with E-state index in [1.54, 1.807) is 0 Å². The number of rotatable bonds is 3. The zero-order valence-corrected chi connectivity index (χ0v) is 12.4. The molecule has 3 rings (SSSR count). The van der Waals surface area contributed by atoms with Gasteiger partial charge in [0.15, 0.2) is 0 Å². The van der Waals surface area contributed by atoms with Gasteiger partial charge in [0.2, 0.25) is 0 Å². The second-order valence-electron chi connectivity index (χ2n) is 6.88. The number of nitrogens with one attached hydrogen (secondary N) is 1. The number of fused-ring (bicyclic) bond motifs is 1. The van der Waals surface area contributed by atoms with Crippen LogP contribution in [0.4, 0.5) is 5.69 Å². The minimum Gasteiger partial charge on any atom is -0.398 e. The number of hydrogen-bond donors (Lipinski definition) is 2. The molecule has 1 aliphatic rings. The standard InChI is InChI=1S/C18H24N2/c1-18(2)8-7-16(11-18)20-12-15-9-13-5-3-4-6-14(13)10-17(15)19/h3-6,9-10,16,20H,7-8,11-12,19H2,1-2H3. The maximum absolute atomic E-state index is 6.18. The van der Waals surface area contributed by atoms with Crippen LogP contribution in [0.5, 0.6) is 0 Å². The highest BCUT2D eigenvalue weighted by atomic mass is 14.9. The van der Waals surface area contributed by atoms with E-state index in [1.165, 1.54) is 35.6 Å². The van der Waals surface area contributed by atoms with E-state index >= 15 is 0 Å². The van der Waals surface area contributed by atoms with Gasteiger partial charge in [0.1, 0.15) is 0 Å². The van der Waals surface area contributed by atoms with Gasteiger partial charge in [-0.2, -0.15) is 0 Å². The van der Waals surface area contributed by atoms with Crippen LogP contribution < -0.4 is 11.1 Å². The van der Waals surface area contributed by atoms with Crippen LogP contribution in [0.3, 0.4) is 0 Å². The molecule has 2 nitrogen and oxygen atoms in total. The molecule has 106 valence electrons. The summed E-state index contributed by atoms with van der Waals surface area (Å²) in [7, 11) is 0. The van der Waals surface area contributed by atoms with E-state index in [0.717, 1.165) is 12.2 Å². The molecule has 0 spiro atoms. The summed E-state index contributed by atoms with van der Waals surface area (Å²) in [6.07, 6.45) is 3.86. The highest BCUT2D eigenvalue weighted by molar-refractivity contribution is 5.86. The number of nitrogens with two attached hydrogens (primary N) is 1. The molecular weight excluding hydrogens is 244 g/mol. The topological polar surface area (TPSA) is 38.0 Å². The lowest BCUT2D eigenvalue weighted by atomic mass is 9.92. The molecular formula is C18H24N2. The third-order valence-electron chi connectivity index (χ3n) is 4.56. The largest absolute Gasteiger partial charge is 0.398 e. The summed E-state index contributed by atoms with van der Waals surface area (Å²) >= 11 is 0. The van der Waals surface area contributed by atoms with Crippen molar-refractivity contribution in [3.63, 3.8) is 0 Å². The van der Waals surface area contributed by atoms with Crippen LogP contribution >= 0.6 is 0 Å². The second kappa shape index (κ2) is 5.10. The zero-order valence-electron chi connectivity index (χ0n) is 12.4. The summed E-state index contributed by atoms with van der Waals surface area (Å²) in [4.78, 5) is 0. The first-order valence-corrected chi connectivity index (χ1v) is 7.54. The van der Waals surface area contributed by atoms with Crippen molar-refractivity contribution < 1.29 is 0 Å². The summed E-state index contributed by atoms with van der Waals surface area (Å²) in [6, 6.07) is 13.3. The maximum atomic E-state index is 6.18. The number of benzene rings is 2. The molecule has 20 heavy (non-hydrogen) atoms. The van der Waals surface area contributed by atoms with Gasteiger partial charge in [-0.3, -0.25) is 0 Å². The van der Waals surface area contributed by atoms with Crippen molar-refractivity contribution in [1.29, 1.82) is 0 Å². The van der Waals surface area contributed by atoms with Crippen LogP contribution in [0, 0.1) is 5.41 Å². The van der Waals surface area contributed by atoms with E-state index < -0.39 is 0 Å². The molecule has 2 heteroatoms. The van der Waals surface area contributed by atoms with Crippen LogP contribution in [0.15, 0.2) is 36.4 Å². The lowest BCUT2D eigenvalue weighted by Gasteiger charge is -2.18. The van der Waals surface area contributed by atoms with Crippen molar-refractivity contribution in [2.75, 3.05) is 5.73 Å². The second-order valence-corrected chi connectivity index (χ2v) is 6.88. The normalized spacial score (nSPS) is 21.4. The Morgan fingerprint density at radius 3 is 2.55 bits per heavy atom. The first-order chi connectivity index (χ1) is 9.53. The molecule has 0 bridgehead atoms. The number of nitrogen functional groups attached to an aromatic ring is 1. The van der Waals surface area contributed by atoms with Gasteiger partial charge < -0.3 is 11.1 Å². The summed E-state index contributed by atoms with van der Waals surface area (Å²) in [5.41, 5.74) is 8.79. The molecule has 0 aliphatic heterocycles. The van der Waals surface area contributed by atoms with Crippen molar-refractivity contribution in [3.8, 4) is 0 Å². The molecule has 1 unspecified atom stereocenters. The molecule has 3 N–H and O–H groups in total. The summed E-state index contributed by atoms with van der Waals surface area (Å²) in [5.74, 6) is 0. The molecule has 0 radical (unpaired) electrons. The lowest BCUT2D eigenvalue weighted by Crippen LogP contribution is -2.27. The van der Waals surface area contributed by atoms with Gasteiger partial charge in [-0.1, -0.05) is 38.1 Å². The number of anilines is 1. The van der Waals surface area contributed by atoms with Gasteiger partial charge >= 0.3 is 0 Å². The number of hydrogen-bond acceptors (Lipinski definition) is 2. The van der Waals surface area contributed by atoms with E-state index in [0.29, 0.717) is 11.5 Å². The van der Waals surface area contributed by atoms with Gasteiger partial charge in [-0.25, -0.2) is 0 Å². The van der Waals surface area contributed by atoms with Crippen molar-refractivity contribution in [1.82, 2.24) is 5.32 Å². The molecule has 0 aromatic heterocycles. The quantitative estimate of drug-likeness (QED) is 0.823. The Kier molecular flexibility index (Phi) is 3.43. The summed E-state index contributed by atoms with van der Waals surface area (Å²) in [6.45, 7) is 5.59. The smallest absolute Gasteiger partial charge is 0.0366 e. The molecule has 0 heterocycles. The predicted octanol–water partition coefficient (Wildman–Crippen LogP) is 4.09. The Morgan fingerprint density at radius 2 is 1.90 bits per heavy atom. The molecule has 2 aromatic carbocycles. The van der Waals surface area contributed by atoms with Gasteiger partial charge in [-0.05, 0) is 53.1 Å². The fourth-order valence-electron chi connectivity index (χ4n) is 3.32. The molecule has 0 saturated heterocycles. The molecule has 1 saturated carbocycles. The Hall–Kier alpha value is -1.54. The zero-order chi connectivity index (χ0) is 14.2. The average molecular weight is 268 g/mol. The van der Waals surface area contributed by atoms with E-state index in [-0.39, 0.29) is 0 Å². The molecule has 2 aromatic rings. The van der Waals surface area contributed by atoms with Crippen molar-refractivity contribution in [2.45, 2.75) is 45.7 Å². The van der Waals surface area contributed by atoms with Crippen LogP contribution in [0.2, 0.25) is 0 Å². The summed E-state index contributed by atoms with van der Waals surface area (Å²) in [5, 5.41) is 6.17. The van der Waals surface area contributed by atoms with E-state index in [1.807, 2.05) is 0 Å². The lowest BCUT2D eigenvalue weighted by molar-refractivity contribution is 0.364. The van der Waals surface area contributed by atoms with E-state index in [4.69, 9.17) is 5.73 Å². The first kappa shape index (κ1) is 13.4. The molecule has 1 atom stereocenters. The van der Waals surface area contributed by atoms with Crippen LogP contribution in [0.1, 0.15) is 38.7 Å². The van der Waals surface area contributed by atoms with Gasteiger partial charge in [0.25, 0.3) is 0 Å². The summed E-state index contributed by atoms with van der Waals surface area (Å²) < 4.78 is 0. The van der Waals surface area contributed by atoms with Crippen LogP contribution in [0.25, 0.3) is 10.8 Å². The fraction of sp³-hybridized carbons (Fsp3) is 0.444. The Morgan fingerprint density at radius 1 is 1.20 bits per heavy atom. The van der Waals surface area contributed by atoms with Gasteiger partial charge in [0, 0.05) is 18.3 Å². The Balaban J connectivity index is 1.73. The van der Waals surface area contributed by atoms with Crippen LogP contribution in [-0.2, 0) is 6.54 Å². The first-order valence-electron chi connectivity index (χ1n) is 7.54. The van der Waals surface area contributed by atoms with Crippen molar-refractivity contribution in [3.05, 3.63) is 42.0 Å². The minimum absolute atomic E-state index is 0.493. The minimum atomic E-state index is 0.493. The Labute approximate surface area is 121 Å². The van der Waals surface area contributed by atoms with Crippen LogP contribution in [-0.4, -0.2) is 6.04 Å². The van der Waals surface area contributed by atoms with E-state index in [9.17, 15) is 0 Å². The fourth-order valence-corrected chi connectivity index (χ4v) is 3.32. The SMILES string of the molecule is CC1(C)CCC(NCc2cc3ccccc3cc2N)C1. The molecule has 1 fully saturated rings. The highest BCUT2D eigenvalue weighted by Crippen LogP contribution is 2.37. The van der Waals surface area contributed by atoms with Crippen molar-refractivity contribution >= 4 is 16.5 Å². The molecule has 0 amide bonds. The van der Waals surface area contributed by atoms with Crippen molar-refractivity contribution in [2.24, 2.45) is 5.41 Å². The third-order valence-corrected chi connectivity index (χ3v) is 4.56. The molecule has 1 aliphatic carbocycles. The van der Waals surface area contributed by atoms with Gasteiger partial charge in [0.05, 0.1) is 0 Å². The van der Waals surface area contributed by atoms with E-state index in [2.05, 4.69) is 55.6 Å². The van der Waals surface area contributed by atoms with Gasteiger partial charge in [-0.15, -0.1) is 0 Å². The maximum Gasteiger partial charge on any atom is 0.0366 e. The monoisotopic (exact) mass is 268 g/mol.